The van der Waals surface area contributed by atoms with E-state index < -0.39 is 0 Å². The van der Waals surface area contributed by atoms with Gasteiger partial charge in [0.05, 0.1) is 0 Å². The molecule has 3 aromatic rings. The molecule has 0 spiro atoms. The molecule has 3 rings (SSSR count). The summed E-state index contributed by atoms with van der Waals surface area (Å²) in [6, 6.07) is 25.4. The first-order valence-corrected chi connectivity index (χ1v) is 6.00. The molecule has 20 heavy (non-hydrogen) atoms. The van der Waals surface area contributed by atoms with Crippen molar-refractivity contribution in [3.8, 4) is 5.75 Å². The van der Waals surface area contributed by atoms with Crippen LogP contribution in [0.15, 0.2) is 66.7 Å². The standard InChI is InChI=1S/C17H13O.BrH.Mg/c1-2-7-14(8-3-1)13-18-17-12-6-10-15-9-4-5-11-16(15)17;;/h1-9,11-12H,13H2;1H;/q-1;;+2/p-1. The summed E-state index contributed by atoms with van der Waals surface area (Å²) in [6.07, 6.45) is 0. The Kier molecular flexibility index (Phi) is 7.06. The normalized spacial score (nSPS) is 9.40. The third-order valence-corrected chi connectivity index (χ3v) is 2.90. The third kappa shape index (κ3) is 3.98. The Morgan fingerprint density at radius 3 is 2.35 bits per heavy atom. The molecule has 96 valence electrons. The van der Waals surface area contributed by atoms with Crippen molar-refractivity contribution in [2.45, 2.75) is 6.61 Å². The summed E-state index contributed by atoms with van der Waals surface area (Å²) < 4.78 is 5.89. The minimum Gasteiger partial charge on any atom is -1.00 e. The van der Waals surface area contributed by atoms with E-state index >= 15 is 0 Å². The van der Waals surface area contributed by atoms with Crippen LogP contribution >= 0.6 is 0 Å². The van der Waals surface area contributed by atoms with E-state index in [1.165, 1.54) is 5.56 Å². The Morgan fingerprint density at radius 2 is 1.55 bits per heavy atom. The molecule has 3 aromatic carbocycles. The van der Waals surface area contributed by atoms with Gasteiger partial charge >= 0.3 is 23.1 Å². The smallest absolute Gasteiger partial charge is 1.00 e. The van der Waals surface area contributed by atoms with Crippen molar-refractivity contribution in [3.05, 3.63) is 78.4 Å². The van der Waals surface area contributed by atoms with Gasteiger partial charge in [0, 0.05) is 5.75 Å². The van der Waals surface area contributed by atoms with Crippen LogP contribution < -0.4 is 21.7 Å². The van der Waals surface area contributed by atoms with E-state index in [1.807, 2.05) is 48.5 Å². The van der Waals surface area contributed by atoms with Gasteiger partial charge in [0.25, 0.3) is 0 Å². The molecule has 1 nitrogen and oxygen atoms in total. The maximum absolute atomic E-state index is 5.89. The van der Waals surface area contributed by atoms with Gasteiger partial charge in [-0.25, -0.2) is 0 Å². The number of fused-ring (bicyclic) bond motifs is 1. The topological polar surface area (TPSA) is 9.23 Å². The average molecular weight is 337 g/mol. The zero-order valence-corrected chi connectivity index (χ0v) is 14.1. The second-order valence-electron chi connectivity index (χ2n) is 4.16. The Bertz CT molecular complexity index is 650. The fourth-order valence-corrected chi connectivity index (χ4v) is 1.98. The van der Waals surface area contributed by atoms with E-state index in [-0.39, 0.29) is 40.0 Å². The SMILES string of the molecule is [Br-].[Mg+2].[c-]1ccc(OCc2ccccc2)c2ccccc12. The largest absolute Gasteiger partial charge is 2.00 e. The van der Waals surface area contributed by atoms with Crippen LogP contribution in [0, 0.1) is 6.07 Å². The molecule has 0 amide bonds. The summed E-state index contributed by atoms with van der Waals surface area (Å²) in [5.74, 6) is 0.910. The van der Waals surface area contributed by atoms with Crippen LogP contribution in [0.5, 0.6) is 5.75 Å². The number of ether oxygens (including phenoxy) is 1. The minimum absolute atomic E-state index is 0. The van der Waals surface area contributed by atoms with Crippen molar-refractivity contribution < 1.29 is 21.7 Å². The second kappa shape index (κ2) is 8.30. The first-order chi connectivity index (χ1) is 8.93. The van der Waals surface area contributed by atoms with E-state index in [4.69, 9.17) is 4.74 Å². The fourth-order valence-electron chi connectivity index (χ4n) is 1.98. The van der Waals surface area contributed by atoms with Gasteiger partial charge in [-0.15, -0.1) is 35.7 Å². The van der Waals surface area contributed by atoms with Crippen molar-refractivity contribution in [2.24, 2.45) is 0 Å². The van der Waals surface area contributed by atoms with E-state index in [9.17, 15) is 0 Å². The van der Waals surface area contributed by atoms with Crippen LogP contribution in [0.1, 0.15) is 5.56 Å². The molecule has 0 aromatic heterocycles. The van der Waals surface area contributed by atoms with Crippen molar-refractivity contribution in [3.63, 3.8) is 0 Å². The summed E-state index contributed by atoms with van der Waals surface area (Å²) in [4.78, 5) is 0. The van der Waals surface area contributed by atoms with Crippen LogP contribution in [0.25, 0.3) is 10.8 Å². The van der Waals surface area contributed by atoms with Gasteiger partial charge in [0.1, 0.15) is 6.61 Å². The molecule has 3 heteroatoms. The van der Waals surface area contributed by atoms with Crippen molar-refractivity contribution in [1.29, 1.82) is 0 Å². The molecule has 0 atom stereocenters. The summed E-state index contributed by atoms with van der Waals surface area (Å²) in [5.41, 5.74) is 1.18. The van der Waals surface area contributed by atoms with Crippen LogP contribution in [-0.4, -0.2) is 23.1 Å². The van der Waals surface area contributed by atoms with Crippen LogP contribution in [0.4, 0.5) is 0 Å². The molecule has 0 aliphatic carbocycles. The Labute approximate surface area is 145 Å². The molecule has 0 heterocycles. The maximum Gasteiger partial charge on any atom is 2.00 e. The number of benzene rings is 3. The van der Waals surface area contributed by atoms with E-state index in [0.717, 1.165) is 16.5 Å². The zero-order valence-electron chi connectivity index (χ0n) is 11.1. The number of rotatable bonds is 3. The van der Waals surface area contributed by atoms with Crippen LogP contribution in [0.3, 0.4) is 0 Å². The van der Waals surface area contributed by atoms with Gasteiger partial charge in [-0.2, -0.15) is 0 Å². The second-order valence-corrected chi connectivity index (χ2v) is 4.16. The number of halogens is 1. The maximum atomic E-state index is 5.89. The molecule has 0 aliphatic rings. The minimum atomic E-state index is 0. The third-order valence-electron chi connectivity index (χ3n) is 2.90. The summed E-state index contributed by atoms with van der Waals surface area (Å²) in [7, 11) is 0. The fraction of sp³-hybridized carbons (Fsp3) is 0.0588. The van der Waals surface area contributed by atoms with Gasteiger partial charge in [0.15, 0.2) is 0 Å². The average Bonchev–Trinajstić information content (AvgIpc) is 2.46. The molecule has 0 bridgehead atoms. The van der Waals surface area contributed by atoms with Crippen LogP contribution in [-0.2, 0) is 6.61 Å². The quantitative estimate of drug-likeness (QED) is 0.508. The van der Waals surface area contributed by atoms with E-state index in [0.29, 0.717) is 6.61 Å². The van der Waals surface area contributed by atoms with Gasteiger partial charge in [-0.05, 0) is 5.56 Å². The summed E-state index contributed by atoms with van der Waals surface area (Å²) in [6.45, 7) is 0.592. The number of hydrogen-bond donors (Lipinski definition) is 0. The zero-order chi connectivity index (χ0) is 12.2. The van der Waals surface area contributed by atoms with Crippen molar-refractivity contribution in [1.82, 2.24) is 0 Å². The predicted molar refractivity (Wildman–Crippen MR) is 79.3 cm³/mol. The van der Waals surface area contributed by atoms with Crippen molar-refractivity contribution >= 4 is 33.8 Å². The molecule has 0 fully saturated rings. The van der Waals surface area contributed by atoms with Crippen LogP contribution in [0.2, 0.25) is 0 Å². The van der Waals surface area contributed by atoms with E-state index in [2.05, 4.69) is 24.3 Å². The predicted octanol–water partition coefficient (Wildman–Crippen LogP) is 0.842. The van der Waals surface area contributed by atoms with E-state index in [1.54, 1.807) is 0 Å². The Hall–Kier alpha value is -1.03. The molecule has 0 aliphatic heterocycles. The molecule has 0 saturated carbocycles. The molecule has 0 unspecified atom stereocenters. The van der Waals surface area contributed by atoms with Crippen molar-refractivity contribution in [2.75, 3.05) is 0 Å². The molecule has 0 radical (unpaired) electrons. The Morgan fingerprint density at radius 1 is 0.850 bits per heavy atom. The first kappa shape index (κ1) is 17.0. The molecule has 0 N–H and O–H groups in total. The first-order valence-electron chi connectivity index (χ1n) is 6.00. The monoisotopic (exact) mass is 336 g/mol. The summed E-state index contributed by atoms with van der Waals surface area (Å²) in [5, 5.41) is 2.19. The summed E-state index contributed by atoms with van der Waals surface area (Å²) >= 11 is 0. The van der Waals surface area contributed by atoms with Gasteiger partial charge in [0.2, 0.25) is 0 Å². The molecular weight excluding hydrogens is 324 g/mol. The molecule has 0 saturated heterocycles. The Balaban J connectivity index is 0.000001000. The van der Waals surface area contributed by atoms with Gasteiger partial charge < -0.3 is 21.7 Å². The number of hydrogen-bond acceptors (Lipinski definition) is 1. The molecular formula is C17H13BrMgO. The van der Waals surface area contributed by atoms with Gasteiger partial charge in [-0.1, -0.05) is 47.9 Å². The van der Waals surface area contributed by atoms with Gasteiger partial charge in [-0.3, -0.25) is 0 Å².